The lowest BCUT2D eigenvalue weighted by atomic mass is 10.0. The summed E-state index contributed by atoms with van der Waals surface area (Å²) in [4.78, 5) is 0. The van der Waals surface area contributed by atoms with Crippen molar-refractivity contribution in [2.45, 2.75) is 19.4 Å². The Morgan fingerprint density at radius 2 is 1.93 bits per heavy atom. The first-order chi connectivity index (χ1) is 7.00. The molecule has 4 heteroatoms. The van der Waals surface area contributed by atoms with Crippen molar-refractivity contribution in [2.24, 2.45) is 0 Å². The molecular formula is C11H18N2O2. The van der Waals surface area contributed by atoms with Gasteiger partial charge in [0.05, 0.1) is 18.8 Å². The highest BCUT2D eigenvalue weighted by atomic mass is 16.3. The number of anilines is 2. The fraction of sp³-hybridized carbons (Fsp3) is 0.455. The lowest BCUT2D eigenvalue weighted by molar-refractivity contribution is 0.147. The van der Waals surface area contributed by atoms with Crippen LogP contribution in [-0.4, -0.2) is 29.0 Å². The number of benzene rings is 1. The molecule has 0 saturated carbocycles. The minimum Gasteiger partial charge on any atom is -0.399 e. The molecule has 0 heterocycles. The van der Waals surface area contributed by atoms with Crippen LogP contribution in [0.1, 0.15) is 12.5 Å². The van der Waals surface area contributed by atoms with E-state index in [0.717, 1.165) is 11.3 Å². The molecule has 0 amide bonds. The van der Waals surface area contributed by atoms with Gasteiger partial charge in [0, 0.05) is 11.4 Å². The van der Waals surface area contributed by atoms with Crippen molar-refractivity contribution >= 4 is 11.4 Å². The minimum atomic E-state index is -0.724. The molecular weight excluding hydrogens is 192 g/mol. The summed E-state index contributed by atoms with van der Waals surface area (Å²) in [6.45, 7) is 3.40. The quantitative estimate of drug-likeness (QED) is 0.552. The van der Waals surface area contributed by atoms with Gasteiger partial charge in [-0.2, -0.15) is 0 Å². The monoisotopic (exact) mass is 210 g/mol. The predicted octanol–water partition coefficient (Wildman–Crippen LogP) is 0.732. The Labute approximate surface area is 89.7 Å². The van der Waals surface area contributed by atoms with E-state index in [9.17, 15) is 0 Å². The lowest BCUT2D eigenvalue weighted by Gasteiger charge is -2.28. The standard InChI is InChI=1S/C11H18N2O2/c1-8-3-4-9(12)5-10(8)13-11(2,6-14)7-15/h3-5,13-15H,6-7,12H2,1-2H3. The van der Waals surface area contributed by atoms with Gasteiger partial charge in [-0.05, 0) is 31.5 Å². The fourth-order valence-electron chi connectivity index (χ4n) is 1.23. The smallest absolute Gasteiger partial charge is 0.0806 e. The number of nitrogens with two attached hydrogens (primary N) is 1. The molecule has 1 aromatic carbocycles. The zero-order chi connectivity index (χ0) is 11.5. The molecule has 5 N–H and O–H groups in total. The fourth-order valence-corrected chi connectivity index (χ4v) is 1.23. The second-order valence-corrected chi connectivity index (χ2v) is 4.08. The Hall–Kier alpha value is -1.26. The van der Waals surface area contributed by atoms with Gasteiger partial charge in [0.1, 0.15) is 0 Å². The van der Waals surface area contributed by atoms with Crippen molar-refractivity contribution in [3.8, 4) is 0 Å². The summed E-state index contributed by atoms with van der Waals surface area (Å²) in [6, 6.07) is 5.50. The average molecular weight is 210 g/mol. The van der Waals surface area contributed by atoms with Crippen molar-refractivity contribution in [1.29, 1.82) is 0 Å². The highest BCUT2D eigenvalue weighted by Gasteiger charge is 2.22. The van der Waals surface area contributed by atoms with E-state index in [1.54, 1.807) is 13.0 Å². The van der Waals surface area contributed by atoms with Gasteiger partial charge >= 0.3 is 0 Å². The van der Waals surface area contributed by atoms with Gasteiger partial charge in [-0.15, -0.1) is 0 Å². The number of nitrogens with one attached hydrogen (secondary N) is 1. The van der Waals surface area contributed by atoms with E-state index >= 15 is 0 Å². The molecule has 15 heavy (non-hydrogen) atoms. The first kappa shape index (κ1) is 11.8. The molecule has 0 radical (unpaired) electrons. The van der Waals surface area contributed by atoms with Crippen LogP contribution in [0.3, 0.4) is 0 Å². The summed E-state index contributed by atoms with van der Waals surface area (Å²) in [6.07, 6.45) is 0. The van der Waals surface area contributed by atoms with Gasteiger partial charge in [-0.3, -0.25) is 0 Å². The van der Waals surface area contributed by atoms with Gasteiger partial charge in [0.25, 0.3) is 0 Å². The molecule has 0 saturated heterocycles. The molecule has 1 aromatic rings. The Balaban J connectivity index is 2.92. The van der Waals surface area contributed by atoms with Crippen LogP contribution in [0, 0.1) is 6.92 Å². The van der Waals surface area contributed by atoms with Crippen LogP contribution in [0.15, 0.2) is 18.2 Å². The topological polar surface area (TPSA) is 78.5 Å². The minimum absolute atomic E-state index is 0.141. The van der Waals surface area contributed by atoms with E-state index in [0.29, 0.717) is 5.69 Å². The van der Waals surface area contributed by atoms with Crippen molar-refractivity contribution < 1.29 is 10.2 Å². The SMILES string of the molecule is Cc1ccc(N)cc1NC(C)(CO)CO. The average Bonchev–Trinajstić information content (AvgIpc) is 2.23. The van der Waals surface area contributed by atoms with Crippen LogP contribution in [-0.2, 0) is 0 Å². The number of hydrogen-bond donors (Lipinski definition) is 4. The summed E-state index contributed by atoms with van der Waals surface area (Å²) < 4.78 is 0. The number of nitrogen functional groups attached to an aromatic ring is 1. The number of aryl methyl sites for hydroxylation is 1. The molecule has 0 bridgehead atoms. The molecule has 1 rings (SSSR count). The summed E-state index contributed by atoms with van der Waals surface area (Å²) in [5.74, 6) is 0. The van der Waals surface area contributed by atoms with Crippen molar-refractivity contribution in [3.05, 3.63) is 23.8 Å². The molecule has 0 aliphatic rings. The Kier molecular flexibility index (Phi) is 3.55. The second-order valence-electron chi connectivity index (χ2n) is 4.08. The third-order valence-corrected chi connectivity index (χ3v) is 2.40. The highest BCUT2D eigenvalue weighted by Crippen LogP contribution is 2.21. The molecule has 0 fully saturated rings. The van der Waals surface area contributed by atoms with E-state index in [4.69, 9.17) is 15.9 Å². The first-order valence-electron chi connectivity index (χ1n) is 4.87. The van der Waals surface area contributed by atoms with E-state index in [2.05, 4.69) is 5.32 Å². The lowest BCUT2D eigenvalue weighted by Crippen LogP contribution is -2.42. The Morgan fingerprint density at radius 1 is 1.33 bits per heavy atom. The Bertz CT molecular complexity index is 335. The van der Waals surface area contributed by atoms with Crippen LogP contribution in [0.5, 0.6) is 0 Å². The van der Waals surface area contributed by atoms with E-state index < -0.39 is 5.54 Å². The highest BCUT2D eigenvalue weighted by molar-refractivity contribution is 5.60. The second kappa shape index (κ2) is 4.51. The maximum atomic E-state index is 9.15. The first-order valence-corrected chi connectivity index (χ1v) is 4.87. The van der Waals surface area contributed by atoms with Crippen LogP contribution in [0.4, 0.5) is 11.4 Å². The van der Waals surface area contributed by atoms with Crippen molar-refractivity contribution in [2.75, 3.05) is 24.3 Å². The summed E-state index contributed by atoms with van der Waals surface area (Å²) >= 11 is 0. The van der Waals surface area contributed by atoms with Crippen LogP contribution < -0.4 is 11.1 Å². The van der Waals surface area contributed by atoms with Gasteiger partial charge in [-0.25, -0.2) is 0 Å². The predicted molar refractivity (Wildman–Crippen MR) is 61.8 cm³/mol. The molecule has 0 aromatic heterocycles. The van der Waals surface area contributed by atoms with E-state index in [1.807, 2.05) is 19.1 Å². The molecule has 0 aliphatic carbocycles. The number of aliphatic hydroxyl groups is 2. The Morgan fingerprint density at radius 3 is 2.47 bits per heavy atom. The normalized spacial score (nSPS) is 11.5. The summed E-state index contributed by atoms with van der Waals surface area (Å²) in [5.41, 5.74) is 7.45. The zero-order valence-electron chi connectivity index (χ0n) is 9.12. The number of hydrogen-bond acceptors (Lipinski definition) is 4. The molecule has 84 valence electrons. The van der Waals surface area contributed by atoms with Crippen molar-refractivity contribution in [1.82, 2.24) is 0 Å². The largest absolute Gasteiger partial charge is 0.399 e. The van der Waals surface area contributed by atoms with E-state index in [1.165, 1.54) is 0 Å². The van der Waals surface area contributed by atoms with Crippen molar-refractivity contribution in [3.63, 3.8) is 0 Å². The van der Waals surface area contributed by atoms with Gasteiger partial charge in [0.15, 0.2) is 0 Å². The van der Waals surface area contributed by atoms with Gasteiger partial charge < -0.3 is 21.3 Å². The number of rotatable bonds is 4. The molecule has 0 aliphatic heterocycles. The van der Waals surface area contributed by atoms with Crippen LogP contribution in [0.2, 0.25) is 0 Å². The third-order valence-electron chi connectivity index (χ3n) is 2.40. The molecule has 0 atom stereocenters. The maximum Gasteiger partial charge on any atom is 0.0806 e. The van der Waals surface area contributed by atoms with Gasteiger partial charge in [0.2, 0.25) is 0 Å². The molecule has 0 spiro atoms. The van der Waals surface area contributed by atoms with Gasteiger partial charge in [-0.1, -0.05) is 6.07 Å². The summed E-state index contributed by atoms with van der Waals surface area (Å²) in [7, 11) is 0. The molecule has 0 unspecified atom stereocenters. The molecule has 4 nitrogen and oxygen atoms in total. The maximum absolute atomic E-state index is 9.15. The third kappa shape index (κ3) is 2.84. The van der Waals surface area contributed by atoms with Crippen LogP contribution in [0.25, 0.3) is 0 Å². The summed E-state index contributed by atoms with van der Waals surface area (Å²) in [5, 5.41) is 21.4. The zero-order valence-corrected chi connectivity index (χ0v) is 9.12. The number of aliphatic hydroxyl groups excluding tert-OH is 2. The van der Waals surface area contributed by atoms with Crippen LogP contribution >= 0.6 is 0 Å². The van der Waals surface area contributed by atoms with E-state index in [-0.39, 0.29) is 13.2 Å².